The molecular weight excluding hydrogens is 400 g/mol. The predicted octanol–water partition coefficient (Wildman–Crippen LogP) is 2.40. The van der Waals surface area contributed by atoms with Gasteiger partial charge in [-0.2, -0.15) is 15.2 Å². The summed E-state index contributed by atoms with van der Waals surface area (Å²) in [7, 11) is 3.07. The van der Waals surface area contributed by atoms with Crippen LogP contribution in [-0.4, -0.2) is 56.5 Å². The second-order valence-corrected chi connectivity index (χ2v) is 6.51. The van der Waals surface area contributed by atoms with Crippen LogP contribution in [0.25, 0.3) is 5.82 Å². The maximum Gasteiger partial charge on any atom is 0.262 e. The van der Waals surface area contributed by atoms with Gasteiger partial charge in [-0.1, -0.05) is 0 Å². The summed E-state index contributed by atoms with van der Waals surface area (Å²) in [6.07, 6.45) is 8.23. The van der Waals surface area contributed by atoms with Crippen LogP contribution in [0, 0.1) is 0 Å². The van der Waals surface area contributed by atoms with Crippen LogP contribution in [0.1, 0.15) is 17.3 Å². The van der Waals surface area contributed by atoms with E-state index in [0.29, 0.717) is 28.8 Å². The fourth-order valence-corrected chi connectivity index (χ4v) is 2.98. The zero-order valence-corrected chi connectivity index (χ0v) is 17.2. The molecule has 4 rings (SSSR count). The van der Waals surface area contributed by atoms with E-state index in [0.717, 1.165) is 5.70 Å². The van der Waals surface area contributed by atoms with Crippen molar-refractivity contribution in [2.75, 3.05) is 20.8 Å². The summed E-state index contributed by atoms with van der Waals surface area (Å²) in [5.41, 5.74) is 1.08. The maximum absolute atomic E-state index is 13.4. The molecule has 1 aliphatic heterocycles. The van der Waals surface area contributed by atoms with Gasteiger partial charge >= 0.3 is 0 Å². The van der Waals surface area contributed by atoms with Gasteiger partial charge < -0.3 is 19.1 Å². The third-order valence-corrected chi connectivity index (χ3v) is 4.57. The molecule has 0 radical (unpaired) electrons. The first kappa shape index (κ1) is 20.1. The van der Waals surface area contributed by atoms with E-state index in [1.54, 1.807) is 48.5 Å². The van der Waals surface area contributed by atoms with E-state index in [2.05, 4.69) is 20.2 Å². The van der Waals surface area contributed by atoms with Crippen molar-refractivity contribution in [3.63, 3.8) is 0 Å². The molecule has 4 heterocycles. The number of nitrogens with zero attached hydrogens (tertiary/aromatic N) is 6. The van der Waals surface area contributed by atoms with Crippen LogP contribution >= 0.6 is 0 Å². The van der Waals surface area contributed by atoms with Crippen molar-refractivity contribution in [2.24, 2.45) is 0 Å². The fourth-order valence-electron chi connectivity index (χ4n) is 2.98. The number of ether oxygens (including phenoxy) is 3. The van der Waals surface area contributed by atoms with Gasteiger partial charge in [-0.05, 0) is 31.2 Å². The highest BCUT2D eigenvalue weighted by Gasteiger charge is 2.26. The van der Waals surface area contributed by atoms with E-state index in [4.69, 9.17) is 14.2 Å². The molecule has 3 aromatic heterocycles. The number of pyridine rings is 2. The van der Waals surface area contributed by atoms with E-state index < -0.39 is 0 Å². The lowest BCUT2D eigenvalue weighted by atomic mass is 10.1. The Morgan fingerprint density at radius 3 is 2.55 bits per heavy atom. The standard InChI is InChI=1S/C21H20N6O4/c1-14-4-5-16(31-19-12-15(29-2)8-9-22-19)13-26(14)21(28)17-6-7-18(30-3)25-20(17)27-23-10-11-24-27/h4-12H,13H2,1-3H3. The van der Waals surface area contributed by atoms with E-state index in [1.807, 2.05) is 13.0 Å². The van der Waals surface area contributed by atoms with Crippen LogP contribution in [0.15, 0.2) is 66.5 Å². The quantitative estimate of drug-likeness (QED) is 0.599. The number of methoxy groups -OCH3 is 2. The summed E-state index contributed by atoms with van der Waals surface area (Å²) in [4.78, 5) is 24.9. The van der Waals surface area contributed by atoms with E-state index in [9.17, 15) is 4.79 Å². The number of amides is 1. The lowest BCUT2D eigenvalue weighted by Gasteiger charge is -2.27. The predicted molar refractivity (Wildman–Crippen MR) is 110 cm³/mol. The summed E-state index contributed by atoms with van der Waals surface area (Å²) in [6.45, 7) is 2.07. The van der Waals surface area contributed by atoms with Crippen LogP contribution < -0.4 is 14.2 Å². The molecule has 0 bridgehead atoms. The van der Waals surface area contributed by atoms with E-state index >= 15 is 0 Å². The number of aromatic nitrogens is 5. The van der Waals surface area contributed by atoms with Crippen LogP contribution in [0.3, 0.4) is 0 Å². The summed E-state index contributed by atoms with van der Waals surface area (Å²) in [5.74, 6) is 1.90. The molecule has 0 saturated heterocycles. The molecule has 1 aliphatic rings. The molecule has 0 spiro atoms. The largest absolute Gasteiger partial charge is 0.497 e. The SMILES string of the molecule is COc1ccnc(OC2=CC=C(C)N(C(=O)c3ccc(OC)nc3-n3nccn3)C2)c1. The molecule has 0 atom stereocenters. The normalized spacial score (nSPS) is 13.3. The fraction of sp³-hybridized carbons (Fsp3) is 0.190. The topological polar surface area (TPSA) is 104 Å². The van der Waals surface area contributed by atoms with E-state index in [-0.39, 0.29) is 18.3 Å². The highest BCUT2D eigenvalue weighted by atomic mass is 16.5. The average Bonchev–Trinajstić information content (AvgIpc) is 3.34. The first-order valence-electron chi connectivity index (χ1n) is 9.38. The molecule has 0 N–H and O–H groups in total. The van der Waals surface area contributed by atoms with Gasteiger partial charge in [0, 0.05) is 24.0 Å². The van der Waals surface area contributed by atoms with Crippen LogP contribution in [0.5, 0.6) is 17.5 Å². The monoisotopic (exact) mass is 420 g/mol. The average molecular weight is 420 g/mol. The molecule has 0 fully saturated rings. The van der Waals surface area contributed by atoms with Crippen molar-refractivity contribution >= 4 is 5.91 Å². The number of hydrogen-bond donors (Lipinski definition) is 0. The highest BCUT2D eigenvalue weighted by molar-refractivity contribution is 5.98. The number of allylic oxidation sites excluding steroid dienone is 3. The second-order valence-electron chi connectivity index (χ2n) is 6.51. The molecule has 0 saturated carbocycles. The summed E-state index contributed by atoms with van der Waals surface area (Å²) < 4.78 is 16.3. The number of hydrogen-bond acceptors (Lipinski definition) is 8. The molecule has 0 aliphatic carbocycles. The minimum atomic E-state index is -0.274. The Labute approximate surface area is 178 Å². The number of carbonyl (C=O) groups excluding carboxylic acids is 1. The van der Waals surface area contributed by atoms with Gasteiger partial charge in [0.1, 0.15) is 11.5 Å². The number of carbonyl (C=O) groups is 1. The van der Waals surface area contributed by atoms with Crippen molar-refractivity contribution in [3.05, 3.63) is 72.0 Å². The summed E-state index contributed by atoms with van der Waals surface area (Å²) in [6, 6.07) is 6.66. The Kier molecular flexibility index (Phi) is 5.61. The molecule has 1 amide bonds. The first-order valence-corrected chi connectivity index (χ1v) is 9.38. The molecule has 0 aromatic carbocycles. The van der Waals surface area contributed by atoms with Crippen LogP contribution in [0.2, 0.25) is 0 Å². The Bertz CT molecular complexity index is 1160. The van der Waals surface area contributed by atoms with Gasteiger partial charge in [-0.3, -0.25) is 4.79 Å². The minimum absolute atomic E-state index is 0.220. The lowest BCUT2D eigenvalue weighted by molar-refractivity contribution is 0.0801. The Balaban J connectivity index is 1.61. The molecule has 10 nitrogen and oxygen atoms in total. The van der Waals surface area contributed by atoms with Crippen molar-refractivity contribution in [1.82, 2.24) is 29.9 Å². The molecule has 31 heavy (non-hydrogen) atoms. The summed E-state index contributed by atoms with van der Waals surface area (Å²) in [5, 5.41) is 8.20. The first-order chi connectivity index (χ1) is 15.1. The Morgan fingerprint density at radius 1 is 1.00 bits per heavy atom. The maximum atomic E-state index is 13.4. The molecular formula is C21H20N6O4. The lowest BCUT2D eigenvalue weighted by Crippen LogP contribution is -2.35. The third kappa shape index (κ3) is 4.22. The zero-order valence-electron chi connectivity index (χ0n) is 17.2. The smallest absolute Gasteiger partial charge is 0.262 e. The molecule has 0 unspecified atom stereocenters. The van der Waals surface area contributed by atoms with Gasteiger partial charge in [0.05, 0.1) is 38.7 Å². The number of rotatable bonds is 6. The van der Waals surface area contributed by atoms with Gasteiger partial charge in [-0.25, -0.2) is 4.98 Å². The summed E-state index contributed by atoms with van der Waals surface area (Å²) >= 11 is 0. The van der Waals surface area contributed by atoms with Crippen molar-refractivity contribution in [1.29, 1.82) is 0 Å². The van der Waals surface area contributed by atoms with Gasteiger partial charge in [-0.15, -0.1) is 4.80 Å². The van der Waals surface area contributed by atoms with Crippen molar-refractivity contribution < 1.29 is 19.0 Å². The van der Waals surface area contributed by atoms with Crippen LogP contribution in [-0.2, 0) is 0 Å². The highest BCUT2D eigenvalue weighted by Crippen LogP contribution is 2.24. The van der Waals surface area contributed by atoms with Crippen molar-refractivity contribution in [2.45, 2.75) is 6.92 Å². The molecule has 158 valence electrons. The van der Waals surface area contributed by atoms with Gasteiger partial charge in [0.25, 0.3) is 5.91 Å². The second kappa shape index (κ2) is 8.66. The molecule has 3 aromatic rings. The van der Waals surface area contributed by atoms with Gasteiger partial charge in [0.15, 0.2) is 5.82 Å². The molecule has 10 heteroatoms. The van der Waals surface area contributed by atoms with E-state index in [1.165, 1.54) is 24.3 Å². The third-order valence-electron chi connectivity index (χ3n) is 4.57. The zero-order chi connectivity index (χ0) is 21.8. The van der Waals surface area contributed by atoms with Crippen molar-refractivity contribution in [3.8, 4) is 23.3 Å². The Hall–Kier alpha value is -4.21. The van der Waals surface area contributed by atoms with Gasteiger partial charge in [0.2, 0.25) is 11.8 Å². The Morgan fingerprint density at radius 2 is 1.81 bits per heavy atom. The minimum Gasteiger partial charge on any atom is -0.497 e. The van der Waals surface area contributed by atoms with Crippen LogP contribution in [0.4, 0.5) is 0 Å².